The van der Waals surface area contributed by atoms with Gasteiger partial charge in [-0.05, 0) is 26.2 Å². The van der Waals surface area contributed by atoms with Gasteiger partial charge in [-0.2, -0.15) is 0 Å². The first kappa shape index (κ1) is 19.5. The van der Waals surface area contributed by atoms with E-state index in [1.165, 1.54) is 12.1 Å². The summed E-state index contributed by atoms with van der Waals surface area (Å²) in [6.07, 6.45) is 0. The van der Waals surface area contributed by atoms with E-state index in [0.29, 0.717) is 28.5 Å². The monoisotopic (exact) mass is 402 g/mol. The molecule has 6 nitrogen and oxygen atoms in total. The highest BCUT2D eigenvalue weighted by Crippen LogP contribution is 2.32. The molecule has 1 aliphatic heterocycles. The lowest BCUT2D eigenvalue weighted by molar-refractivity contribution is -0.384. The SMILES string of the molecule is CN(C)CCSC1=Nc2ccc([N+](=O)[O-])cc2C(c2ccccc2Cl)=NC1. The number of fused-ring (bicyclic) bond motifs is 1. The third-order valence-corrected chi connectivity index (χ3v) is 5.27. The van der Waals surface area contributed by atoms with Crippen LogP contribution in [0.1, 0.15) is 11.1 Å². The molecule has 0 N–H and O–H groups in total. The Morgan fingerprint density at radius 1 is 1.22 bits per heavy atom. The fraction of sp³-hybridized carbons (Fsp3) is 0.263. The standard InChI is InChI=1S/C19H19ClN4O2S/c1-23(2)9-10-27-18-12-21-19(14-5-3-4-6-16(14)20)15-11-13(24(25)26)7-8-17(15)22-18/h3-8,11H,9-10,12H2,1-2H3. The minimum atomic E-state index is -0.411. The van der Waals surface area contributed by atoms with E-state index in [9.17, 15) is 10.1 Å². The molecular weight excluding hydrogens is 384 g/mol. The molecule has 0 aliphatic carbocycles. The van der Waals surface area contributed by atoms with Crippen LogP contribution < -0.4 is 0 Å². The molecule has 2 aromatic rings. The minimum absolute atomic E-state index is 0.00687. The summed E-state index contributed by atoms with van der Waals surface area (Å²) in [5, 5.41) is 12.7. The molecule has 3 rings (SSSR count). The number of rotatable bonds is 5. The average molecular weight is 403 g/mol. The van der Waals surface area contributed by atoms with E-state index in [1.54, 1.807) is 23.9 Å². The van der Waals surface area contributed by atoms with E-state index in [1.807, 2.05) is 32.3 Å². The first-order valence-electron chi connectivity index (χ1n) is 8.39. The summed E-state index contributed by atoms with van der Waals surface area (Å²) in [5.74, 6) is 0.894. The Hall–Kier alpha value is -2.22. The number of halogens is 1. The molecule has 0 amide bonds. The Bertz CT molecular complexity index is 928. The molecule has 1 heterocycles. The number of aliphatic imine (C=N–C) groups is 2. The number of hydrogen-bond acceptors (Lipinski definition) is 6. The summed E-state index contributed by atoms with van der Waals surface area (Å²) in [4.78, 5) is 22.4. The molecule has 0 unspecified atom stereocenters. The van der Waals surface area contributed by atoms with Crippen molar-refractivity contribution in [3.63, 3.8) is 0 Å². The topological polar surface area (TPSA) is 71.1 Å². The molecule has 0 atom stereocenters. The van der Waals surface area contributed by atoms with Crippen molar-refractivity contribution in [2.24, 2.45) is 9.98 Å². The van der Waals surface area contributed by atoms with Crippen LogP contribution in [0.4, 0.5) is 11.4 Å². The second-order valence-corrected chi connectivity index (χ2v) is 7.84. The number of nitrogens with zero attached hydrogens (tertiary/aromatic N) is 4. The highest BCUT2D eigenvalue weighted by Gasteiger charge is 2.21. The van der Waals surface area contributed by atoms with Crippen molar-refractivity contribution in [1.29, 1.82) is 0 Å². The predicted molar refractivity (Wildman–Crippen MR) is 113 cm³/mol. The maximum atomic E-state index is 11.2. The molecule has 0 bridgehead atoms. The van der Waals surface area contributed by atoms with Gasteiger partial charge in [0.15, 0.2) is 0 Å². The third kappa shape index (κ3) is 4.74. The van der Waals surface area contributed by atoms with E-state index in [-0.39, 0.29) is 5.69 Å². The van der Waals surface area contributed by atoms with Gasteiger partial charge < -0.3 is 4.90 Å². The maximum Gasteiger partial charge on any atom is 0.270 e. The highest BCUT2D eigenvalue weighted by atomic mass is 35.5. The van der Waals surface area contributed by atoms with Crippen LogP contribution in [-0.4, -0.2) is 53.5 Å². The number of thioether (sulfide) groups is 1. The Morgan fingerprint density at radius 3 is 2.70 bits per heavy atom. The Morgan fingerprint density at radius 2 is 2.00 bits per heavy atom. The van der Waals surface area contributed by atoms with Gasteiger partial charge >= 0.3 is 0 Å². The smallest absolute Gasteiger partial charge is 0.270 e. The molecule has 1 aliphatic rings. The molecule has 0 saturated carbocycles. The summed E-state index contributed by atoms with van der Waals surface area (Å²) < 4.78 is 0. The Balaban J connectivity index is 2.04. The fourth-order valence-corrected chi connectivity index (χ4v) is 3.87. The zero-order valence-corrected chi connectivity index (χ0v) is 16.6. The van der Waals surface area contributed by atoms with Gasteiger partial charge in [0, 0.05) is 40.6 Å². The fourth-order valence-electron chi connectivity index (χ4n) is 2.63. The molecule has 0 radical (unpaired) electrons. The quantitative estimate of drug-likeness (QED) is 0.548. The molecule has 8 heteroatoms. The van der Waals surface area contributed by atoms with Crippen molar-refractivity contribution in [2.75, 3.05) is 32.9 Å². The van der Waals surface area contributed by atoms with Crippen LogP contribution in [0, 0.1) is 10.1 Å². The van der Waals surface area contributed by atoms with Gasteiger partial charge in [0.1, 0.15) is 0 Å². The molecule has 0 saturated heterocycles. The average Bonchev–Trinajstić information content (AvgIpc) is 2.80. The number of non-ortho nitro benzene ring substituents is 1. The van der Waals surface area contributed by atoms with Crippen LogP contribution in [-0.2, 0) is 0 Å². The van der Waals surface area contributed by atoms with Crippen LogP contribution in [0.25, 0.3) is 0 Å². The molecule has 140 valence electrons. The van der Waals surface area contributed by atoms with E-state index in [4.69, 9.17) is 21.6 Å². The predicted octanol–water partition coefficient (Wildman–Crippen LogP) is 4.42. The lowest BCUT2D eigenvalue weighted by atomic mass is 10.00. The Labute approximate surface area is 167 Å². The summed E-state index contributed by atoms with van der Waals surface area (Å²) >= 11 is 8.02. The van der Waals surface area contributed by atoms with Crippen LogP contribution in [0.15, 0.2) is 52.4 Å². The van der Waals surface area contributed by atoms with Crippen molar-refractivity contribution in [2.45, 2.75) is 0 Å². The van der Waals surface area contributed by atoms with Crippen molar-refractivity contribution in [3.05, 3.63) is 68.7 Å². The van der Waals surface area contributed by atoms with Gasteiger partial charge in [0.2, 0.25) is 0 Å². The summed E-state index contributed by atoms with van der Waals surface area (Å²) in [6, 6.07) is 12.0. The Kier molecular flexibility index (Phi) is 6.26. The maximum absolute atomic E-state index is 11.2. The van der Waals surface area contributed by atoms with Gasteiger partial charge in [0.05, 0.1) is 27.9 Å². The largest absolute Gasteiger partial charge is 0.309 e. The first-order chi connectivity index (χ1) is 13.0. The molecular formula is C19H19ClN4O2S. The second-order valence-electron chi connectivity index (χ2n) is 6.26. The van der Waals surface area contributed by atoms with Gasteiger partial charge in [-0.3, -0.25) is 15.1 Å². The number of hydrogen-bond donors (Lipinski definition) is 0. The van der Waals surface area contributed by atoms with Crippen molar-refractivity contribution >= 4 is 45.5 Å². The van der Waals surface area contributed by atoms with E-state index in [2.05, 4.69) is 4.90 Å². The van der Waals surface area contributed by atoms with Crippen LogP contribution in [0.2, 0.25) is 5.02 Å². The summed E-state index contributed by atoms with van der Waals surface area (Å²) in [5.41, 5.74) is 2.68. The van der Waals surface area contributed by atoms with Crippen LogP contribution >= 0.6 is 23.4 Å². The number of nitro benzene ring substituents is 1. The lowest BCUT2D eigenvalue weighted by Crippen LogP contribution is -2.16. The molecule has 2 aromatic carbocycles. The van der Waals surface area contributed by atoms with Crippen molar-refractivity contribution in [1.82, 2.24) is 4.90 Å². The molecule has 0 fully saturated rings. The van der Waals surface area contributed by atoms with Crippen LogP contribution in [0.5, 0.6) is 0 Å². The number of benzene rings is 2. The van der Waals surface area contributed by atoms with Gasteiger partial charge in [-0.15, -0.1) is 11.8 Å². The zero-order valence-electron chi connectivity index (χ0n) is 15.1. The van der Waals surface area contributed by atoms with Gasteiger partial charge in [-0.25, -0.2) is 4.99 Å². The molecule has 27 heavy (non-hydrogen) atoms. The second kappa shape index (κ2) is 8.65. The minimum Gasteiger partial charge on any atom is -0.309 e. The zero-order chi connectivity index (χ0) is 19.4. The summed E-state index contributed by atoms with van der Waals surface area (Å²) in [6.45, 7) is 1.35. The van der Waals surface area contributed by atoms with E-state index in [0.717, 1.165) is 22.9 Å². The summed E-state index contributed by atoms with van der Waals surface area (Å²) in [7, 11) is 4.05. The van der Waals surface area contributed by atoms with Crippen molar-refractivity contribution in [3.8, 4) is 0 Å². The number of nitro groups is 1. The van der Waals surface area contributed by atoms with Crippen molar-refractivity contribution < 1.29 is 4.92 Å². The van der Waals surface area contributed by atoms with E-state index < -0.39 is 4.92 Å². The third-order valence-electron chi connectivity index (χ3n) is 4.00. The highest BCUT2D eigenvalue weighted by molar-refractivity contribution is 8.14. The van der Waals surface area contributed by atoms with Gasteiger partial charge in [-0.1, -0.05) is 29.8 Å². The molecule has 0 spiro atoms. The van der Waals surface area contributed by atoms with Gasteiger partial charge in [0.25, 0.3) is 5.69 Å². The first-order valence-corrected chi connectivity index (χ1v) is 9.75. The lowest BCUT2D eigenvalue weighted by Gasteiger charge is -2.09. The normalized spacial score (nSPS) is 13.6. The van der Waals surface area contributed by atoms with E-state index >= 15 is 0 Å². The molecule has 0 aromatic heterocycles. The van der Waals surface area contributed by atoms with Crippen LogP contribution in [0.3, 0.4) is 0 Å².